The number of aryl methyl sites for hydroxylation is 2. The van der Waals surface area contributed by atoms with E-state index >= 15 is 0 Å². The van der Waals surface area contributed by atoms with Gasteiger partial charge in [0.15, 0.2) is 0 Å². The quantitative estimate of drug-likeness (QED) is 0.668. The summed E-state index contributed by atoms with van der Waals surface area (Å²) in [4.78, 5) is 21.5. The summed E-state index contributed by atoms with van der Waals surface area (Å²) in [5, 5.41) is 2.66. The molecule has 0 bridgehead atoms. The minimum absolute atomic E-state index is 0.205. The van der Waals surface area contributed by atoms with Crippen LogP contribution in [0, 0.1) is 27.7 Å². The average Bonchev–Trinajstić information content (AvgIpc) is 2.33. The van der Waals surface area contributed by atoms with Gasteiger partial charge >= 0.3 is 0 Å². The molecule has 0 aromatic heterocycles. The second-order valence-electron chi connectivity index (χ2n) is 5.85. The minimum atomic E-state index is -0.562. The first kappa shape index (κ1) is 15.4. The predicted octanol–water partition coefficient (Wildman–Crippen LogP) is 2.51. The van der Waals surface area contributed by atoms with Gasteiger partial charge < -0.3 is 5.32 Å². The third-order valence-corrected chi connectivity index (χ3v) is 3.85. The van der Waals surface area contributed by atoms with Crippen LogP contribution in [0.1, 0.15) is 41.7 Å². The summed E-state index contributed by atoms with van der Waals surface area (Å²) in [5.74, 6) is -0.562. The number of aldehydes is 1. The van der Waals surface area contributed by atoms with Gasteiger partial charge in [0.05, 0.1) is 0 Å². The number of carbonyl (C=O) groups is 2. The Kier molecular flexibility index (Phi) is 4.51. The van der Waals surface area contributed by atoms with Crippen molar-refractivity contribution in [3.8, 4) is 0 Å². The second kappa shape index (κ2) is 5.55. The number of hydrogen-bond donors (Lipinski definition) is 1. The molecule has 0 saturated heterocycles. The molecule has 0 radical (unpaired) electrons. The lowest BCUT2D eigenvalue weighted by atomic mass is 9.77. The van der Waals surface area contributed by atoms with E-state index in [1.165, 1.54) is 27.8 Å². The summed E-state index contributed by atoms with van der Waals surface area (Å²) < 4.78 is 0. The van der Waals surface area contributed by atoms with Crippen LogP contribution >= 0.6 is 0 Å². The van der Waals surface area contributed by atoms with Crippen molar-refractivity contribution in [2.75, 3.05) is 6.54 Å². The fraction of sp³-hybridized carbons (Fsp3) is 0.500. The molecule has 1 aromatic carbocycles. The number of rotatable bonds is 4. The molecule has 0 atom stereocenters. The Balaban J connectivity index is 3.20. The van der Waals surface area contributed by atoms with E-state index in [-0.39, 0.29) is 5.41 Å². The molecule has 19 heavy (non-hydrogen) atoms. The van der Waals surface area contributed by atoms with Crippen LogP contribution in [0.2, 0.25) is 0 Å². The van der Waals surface area contributed by atoms with Crippen LogP contribution in [0.4, 0.5) is 0 Å². The van der Waals surface area contributed by atoms with Gasteiger partial charge in [0, 0.05) is 12.0 Å². The van der Waals surface area contributed by atoms with Gasteiger partial charge in [0.25, 0.3) is 5.91 Å². The zero-order valence-electron chi connectivity index (χ0n) is 12.7. The van der Waals surface area contributed by atoms with Gasteiger partial charge in [-0.05, 0) is 55.5 Å². The highest BCUT2D eigenvalue weighted by Crippen LogP contribution is 2.32. The van der Waals surface area contributed by atoms with Crippen LogP contribution < -0.4 is 5.32 Å². The van der Waals surface area contributed by atoms with Crippen LogP contribution in [0.25, 0.3) is 0 Å². The van der Waals surface area contributed by atoms with Crippen LogP contribution in [-0.4, -0.2) is 18.7 Å². The maximum Gasteiger partial charge on any atom is 0.284 e. The molecule has 0 saturated carbocycles. The van der Waals surface area contributed by atoms with Crippen molar-refractivity contribution in [1.82, 2.24) is 5.32 Å². The Hall–Kier alpha value is -1.64. The van der Waals surface area contributed by atoms with Gasteiger partial charge in [-0.2, -0.15) is 0 Å². The molecule has 1 N–H and O–H groups in total. The first-order valence-corrected chi connectivity index (χ1v) is 6.51. The number of amides is 1. The Morgan fingerprint density at radius 1 is 1.16 bits per heavy atom. The van der Waals surface area contributed by atoms with E-state index in [2.05, 4.69) is 52.9 Å². The Morgan fingerprint density at radius 2 is 1.63 bits per heavy atom. The molecule has 0 unspecified atom stereocenters. The van der Waals surface area contributed by atoms with Gasteiger partial charge in [-0.1, -0.05) is 19.9 Å². The molecular formula is C16H23NO2. The summed E-state index contributed by atoms with van der Waals surface area (Å²) in [7, 11) is 0. The molecule has 3 heteroatoms. The third-order valence-electron chi connectivity index (χ3n) is 3.85. The molecule has 3 nitrogen and oxygen atoms in total. The van der Waals surface area contributed by atoms with Crippen LogP contribution in [0.15, 0.2) is 6.07 Å². The van der Waals surface area contributed by atoms with Gasteiger partial charge in [-0.15, -0.1) is 0 Å². The van der Waals surface area contributed by atoms with E-state index in [4.69, 9.17) is 0 Å². The topological polar surface area (TPSA) is 46.2 Å². The normalized spacial score (nSPS) is 11.3. The highest BCUT2D eigenvalue weighted by Gasteiger charge is 2.26. The third kappa shape index (κ3) is 3.22. The van der Waals surface area contributed by atoms with E-state index in [1.54, 1.807) is 0 Å². The lowest BCUT2D eigenvalue weighted by Crippen LogP contribution is -2.38. The van der Waals surface area contributed by atoms with E-state index < -0.39 is 5.91 Å². The second-order valence-corrected chi connectivity index (χ2v) is 5.85. The van der Waals surface area contributed by atoms with Crippen molar-refractivity contribution < 1.29 is 9.59 Å². The number of nitrogens with one attached hydrogen (secondary N) is 1. The molecule has 0 fully saturated rings. The molecule has 0 aliphatic heterocycles. The summed E-state index contributed by atoms with van der Waals surface area (Å²) in [6.45, 7) is 13.1. The van der Waals surface area contributed by atoms with Crippen molar-refractivity contribution in [3.05, 3.63) is 33.9 Å². The summed E-state index contributed by atoms with van der Waals surface area (Å²) in [6, 6.07) is 2.19. The lowest BCUT2D eigenvalue weighted by molar-refractivity contribution is -0.131. The van der Waals surface area contributed by atoms with Crippen molar-refractivity contribution in [1.29, 1.82) is 0 Å². The maximum absolute atomic E-state index is 11.1. The van der Waals surface area contributed by atoms with Gasteiger partial charge in [0.2, 0.25) is 6.29 Å². The van der Waals surface area contributed by atoms with Gasteiger partial charge in [0.1, 0.15) is 0 Å². The smallest absolute Gasteiger partial charge is 0.284 e. The number of hydrogen-bond acceptors (Lipinski definition) is 2. The van der Waals surface area contributed by atoms with Gasteiger partial charge in [-0.3, -0.25) is 9.59 Å². The highest BCUT2D eigenvalue weighted by molar-refractivity contribution is 6.23. The number of benzene rings is 1. The summed E-state index contributed by atoms with van der Waals surface area (Å²) >= 11 is 0. The first-order chi connectivity index (χ1) is 8.70. The minimum Gasteiger partial charge on any atom is -0.349 e. The Morgan fingerprint density at radius 3 is 2.05 bits per heavy atom. The maximum atomic E-state index is 11.1. The largest absolute Gasteiger partial charge is 0.349 e. The monoisotopic (exact) mass is 261 g/mol. The molecule has 0 aliphatic rings. The van der Waals surface area contributed by atoms with Crippen molar-refractivity contribution >= 4 is 12.2 Å². The Bertz CT molecular complexity index is 490. The van der Waals surface area contributed by atoms with Crippen LogP contribution in [0.5, 0.6) is 0 Å². The summed E-state index contributed by atoms with van der Waals surface area (Å²) in [6.07, 6.45) is 0.317. The zero-order valence-corrected chi connectivity index (χ0v) is 12.7. The molecule has 0 spiro atoms. The molecule has 1 aromatic rings. The number of carbonyl (C=O) groups excluding carboxylic acids is 2. The Labute approximate surface area is 115 Å². The molecule has 0 heterocycles. The fourth-order valence-corrected chi connectivity index (χ4v) is 2.67. The van der Waals surface area contributed by atoms with Crippen molar-refractivity contribution in [2.45, 2.75) is 47.0 Å². The SMILES string of the molecule is Cc1cc(C)c(C)c(C(C)(C)CNC(=O)C=O)c1C. The molecular weight excluding hydrogens is 238 g/mol. The standard InChI is InChI=1S/C16H23NO2/c1-10-7-11(2)13(4)15(12(10)3)16(5,6)9-17-14(19)8-18/h7-8H,9H2,1-6H3,(H,17,19). The molecule has 0 aliphatic carbocycles. The molecule has 104 valence electrons. The summed E-state index contributed by atoms with van der Waals surface area (Å²) in [5.41, 5.74) is 6.09. The van der Waals surface area contributed by atoms with Crippen molar-refractivity contribution in [3.63, 3.8) is 0 Å². The first-order valence-electron chi connectivity index (χ1n) is 6.51. The zero-order chi connectivity index (χ0) is 14.8. The predicted molar refractivity (Wildman–Crippen MR) is 77.5 cm³/mol. The van der Waals surface area contributed by atoms with E-state index in [1.807, 2.05) is 0 Å². The van der Waals surface area contributed by atoms with Crippen LogP contribution in [0.3, 0.4) is 0 Å². The van der Waals surface area contributed by atoms with E-state index in [9.17, 15) is 9.59 Å². The van der Waals surface area contributed by atoms with E-state index in [0.29, 0.717) is 12.8 Å². The van der Waals surface area contributed by atoms with Crippen molar-refractivity contribution in [2.24, 2.45) is 0 Å². The average molecular weight is 261 g/mol. The highest BCUT2D eigenvalue weighted by atomic mass is 16.2. The molecule has 1 amide bonds. The van der Waals surface area contributed by atoms with Crippen LogP contribution in [-0.2, 0) is 15.0 Å². The fourth-order valence-electron chi connectivity index (χ4n) is 2.67. The lowest BCUT2D eigenvalue weighted by Gasteiger charge is -2.30. The molecule has 1 rings (SSSR count). The van der Waals surface area contributed by atoms with Gasteiger partial charge in [-0.25, -0.2) is 0 Å². The van der Waals surface area contributed by atoms with E-state index in [0.717, 1.165) is 0 Å².